The van der Waals surface area contributed by atoms with Crippen LogP contribution in [0.25, 0.3) is 0 Å². The summed E-state index contributed by atoms with van der Waals surface area (Å²) in [6.45, 7) is 3.39. The zero-order valence-corrected chi connectivity index (χ0v) is 10.2. The van der Waals surface area contributed by atoms with Gasteiger partial charge in [0.25, 0.3) is 0 Å². The minimum absolute atomic E-state index is 0.0171. The molecule has 0 aliphatic heterocycles. The Labute approximate surface area is 102 Å². The van der Waals surface area contributed by atoms with Crippen molar-refractivity contribution in [1.82, 2.24) is 0 Å². The largest absolute Gasteiger partial charge is 0.504 e. The molecule has 0 aliphatic rings. The fourth-order valence-electron chi connectivity index (χ4n) is 1.31. The highest BCUT2D eigenvalue weighted by Gasteiger charge is 2.24. The summed E-state index contributed by atoms with van der Waals surface area (Å²) in [6.07, 6.45) is 0. The maximum atomic E-state index is 10.9. The van der Waals surface area contributed by atoms with E-state index < -0.39 is 11.7 Å². The molecule has 1 aromatic carbocycles. The summed E-state index contributed by atoms with van der Waals surface area (Å²) in [5.74, 6) is -1.88. The first-order chi connectivity index (χ1) is 7.41. The molecule has 0 saturated carbocycles. The summed E-state index contributed by atoms with van der Waals surface area (Å²) >= 11 is 11.7. The third kappa shape index (κ3) is 2.03. The van der Waals surface area contributed by atoms with Gasteiger partial charge in [0.05, 0.1) is 11.6 Å². The quantitative estimate of drug-likeness (QED) is 0.881. The Morgan fingerprint density at radius 2 is 1.94 bits per heavy atom. The standard InChI is InChI=1S/C10H10Cl2O4/c1-3-16-9-7(12)6(11)4(2)5(8(9)13)10(14)15/h13H,3H2,1-2H3,(H,14,15). The summed E-state index contributed by atoms with van der Waals surface area (Å²) in [5.41, 5.74) is -0.0852. The van der Waals surface area contributed by atoms with Crippen LogP contribution >= 0.6 is 23.2 Å². The lowest BCUT2D eigenvalue weighted by Gasteiger charge is -2.14. The number of halogens is 2. The van der Waals surface area contributed by atoms with E-state index in [1.807, 2.05) is 0 Å². The average molecular weight is 265 g/mol. The van der Waals surface area contributed by atoms with Gasteiger partial charge in [-0.1, -0.05) is 23.2 Å². The SMILES string of the molecule is CCOc1c(O)c(C(=O)O)c(C)c(Cl)c1Cl. The van der Waals surface area contributed by atoms with Crippen LogP contribution in [0.15, 0.2) is 0 Å². The lowest BCUT2D eigenvalue weighted by atomic mass is 10.1. The molecule has 0 spiro atoms. The van der Waals surface area contributed by atoms with Gasteiger partial charge in [-0.05, 0) is 19.4 Å². The van der Waals surface area contributed by atoms with Gasteiger partial charge in [-0.15, -0.1) is 0 Å². The zero-order valence-electron chi connectivity index (χ0n) is 8.67. The number of rotatable bonds is 3. The van der Waals surface area contributed by atoms with Gasteiger partial charge in [0.15, 0.2) is 11.5 Å². The number of aromatic hydroxyl groups is 1. The molecular formula is C10H10Cl2O4. The van der Waals surface area contributed by atoms with E-state index in [4.69, 9.17) is 33.0 Å². The van der Waals surface area contributed by atoms with Crippen molar-refractivity contribution in [2.24, 2.45) is 0 Å². The van der Waals surface area contributed by atoms with Crippen LogP contribution in [0.5, 0.6) is 11.5 Å². The Bertz CT molecular complexity index is 443. The van der Waals surface area contributed by atoms with Crippen molar-refractivity contribution >= 4 is 29.2 Å². The normalized spacial score (nSPS) is 10.2. The third-order valence-corrected chi connectivity index (χ3v) is 2.98. The number of aromatic carboxylic acids is 1. The Morgan fingerprint density at radius 3 is 2.38 bits per heavy atom. The van der Waals surface area contributed by atoms with Crippen LogP contribution in [-0.2, 0) is 0 Å². The van der Waals surface area contributed by atoms with Crippen LogP contribution < -0.4 is 4.74 Å². The zero-order chi connectivity index (χ0) is 12.5. The molecule has 16 heavy (non-hydrogen) atoms. The van der Waals surface area contributed by atoms with Crippen molar-refractivity contribution < 1.29 is 19.7 Å². The molecule has 4 nitrogen and oxygen atoms in total. The second-order valence-corrected chi connectivity index (χ2v) is 3.80. The molecular weight excluding hydrogens is 255 g/mol. The van der Waals surface area contributed by atoms with Crippen molar-refractivity contribution in [1.29, 1.82) is 0 Å². The number of ether oxygens (including phenoxy) is 1. The Balaban J connectivity index is 3.58. The topological polar surface area (TPSA) is 66.8 Å². The molecule has 0 aliphatic carbocycles. The average Bonchev–Trinajstić information content (AvgIpc) is 2.21. The molecule has 0 amide bonds. The third-order valence-electron chi connectivity index (χ3n) is 2.05. The van der Waals surface area contributed by atoms with E-state index in [1.54, 1.807) is 6.92 Å². The van der Waals surface area contributed by atoms with E-state index >= 15 is 0 Å². The maximum Gasteiger partial charge on any atom is 0.339 e. The van der Waals surface area contributed by atoms with Crippen molar-refractivity contribution in [2.45, 2.75) is 13.8 Å². The highest BCUT2D eigenvalue weighted by molar-refractivity contribution is 6.44. The van der Waals surface area contributed by atoms with Crippen molar-refractivity contribution in [2.75, 3.05) is 6.61 Å². The lowest BCUT2D eigenvalue weighted by Crippen LogP contribution is -2.04. The first-order valence-electron chi connectivity index (χ1n) is 4.48. The van der Waals surface area contributed by atoms with Gasteiger partial charge in [-0.2, -0.15) is 0 Å². The second-order valence-electron chi connectivity index (χ2n) is 3.04. The van der Waals surface area contributed by atoms with E-state index in [1.165, 1.54) is 6.92 Å². The number of carbonyl (C=O) groups is 1. The van der Waals surface area contributed by atoms with E-state index in [9.17, 15) is 9.90 Å². The Hall–Kier alpha value is -1.13. The summed E-state index contributed by atoms with van der Waals surface area (Å²) in [6, 6.07) is 0. The molecule has 0 atom stereocenters. The van der Waals surface area contributed by atoms with E-state index in [0.717, 1.165) is 0 Å². The van der Waals surface area contributed by atoms with E-state index in [2.05, 4.69) is 0 Å². The highest BCUT2D eigenvalue weighted by atomic mass is 35.5. The van der Waals surface area contributed by atoms with Crippen LogP contribution in [0.4, 0.5) is 0 Å². The van der Waals surface area contributed by atoms with Gasteiger partial charge in [0.1, 0.15) is 10.6 Å². The van der Waals surface area contributed by atoms with Crippen molar-refractivity contribution in [3.63, 3.8) is 0 Å². The molecule has 0 radical (unpaired) electrons. The molecule has 0 fully saturated rings. The van der Waals surface area contributed by atoms with E-state index in [-0.39, 0.29) is 33.5 Å². The molecule has 1 rings (SSSR count). The molecule has 1 aromatic rings. The monoisotopic (exact) mass is 264 g/mol. The number of hydrogen-bond donors (Lipinski definition) is 2. The van der Waals surface area contributed by atoms with E-state index in [0.29, 0.717) is 0 Å². The molecule has 0 heterocycles. The van der Waals surface area contributed by atoms with Crippen LogP contribution in [0, 0.1) is 6.92 Å². The van der Waals surface area contributed by atoms with Crippen molar-refractivity contribution in [3.8, 4) is 11.5 Å². The number of hydrogen-bond acceptors (Lipinski definition) is 3. The van der Waals surface area contributed by atoms with Gasteiger partial charge in [0.2, 0.25) is 0 Å². The minimum atomic E-state index is -1.28. The fourth-order valence-corrected chi connectivity index (χ4v) is 1.77. The minimum Gasteiger partial charge on any atom is -0.504 e. The smallest absolute Gasteiger partial charge is 0.339 e. The number of carboxylic acid groups (broad SMARTS) is 1. The summed E-state index contributed by atoms with van der Waals surface area (Å²) in [7, 11) is 0. The van der Waals surface area contributed by atoms with Gasteiger partial charge in [-0.25, -0.2) is 4.79 Å². The van der Waals surface area contributed by atoms with Crippen LogP contribution in [0.2, 0.25) is 10.0 Å². The molecule has 0 unspecified atom stereocenters. The highest BCUT2D eigenvalue weighted by Crippen LogP contribution is 2.44. The van der Waals surface area contributed by atoms with Gasteiger partial charge < -0.3 is 14.9 Å². The molecule has 0 saturated heterocycles. The number of phenols is 1. The van der Waals surface area contributed by atoms with Crippen LogP contribution in [0.3, 0.4) is 0 Å². The summed E-state index contributed by atoms with van der Waals surface area (Å²) in [5, 5.41) is 18.8. The molecule has 88 valence electrons. The fraction of sp³-hybridized carbons (Fsp3) is 0.300. The molecule has 6 heteroatoms. The second kappa shape index (κ2) is 4.80. The maximum absolute atomic E-state index is 10.9. The first-order valence-corrected chi connectivity index (χ1v) is 5.24. The Morgan fingerprint density at radius 1 is 1.38 bits per heavy atom. The Kier molecular flexibility index (Phi) is 3.88. The van der Waals surface area contributed by atoms with Crippen LogP contribution in [0.1, 0.15) is 22.8 Å². The number of benzene rings is 1. The molecule has 0 aromatic heterocycles. The van der Waals surface area contributed by atoms with Gasteiger partial charge in [0, 0.05) is 0 Å². The summed E-state index contributed by atoms with van der Waals surface area (Å²) < 4.78 is 5.06. The van der Waals surface area contributed by atoms with Crippen LogP contribution in [-0.4, -0.2) is 22.8 Å². The number of carboxylic acids is 1. The summed E-state index contributed by atoms with van der Waals surface area (Å²) in [4.78, 5) is 10.9. The predicted molar refractivity (Wildman–Crippen MR) is 61.0 cm³/mol. The van der Waals surface area contributed by atoms with Gasteiger partial charge in [-0.3, -0.25) is 0 Å². The molecule has 0 bridgehead atoms. The molecule has 2 N–H and O–H groups in total. The van der Waals surface area contributed by atoms with Crippen molar-refractivity contribution in [3.05, 3.63) is 21.2 Å². The van der Waals surface area contributed by atoms with Gasteiger partial charge >= 0.3 is 5.97 Å². The lowest BCUT2D eigenvalue weighted by molar-refractivity contribution is 0.0692. The first kappa shape index (κ1) is 12.9. The predicted octanol–water partition coefficient (Wildman–Crippen LogP) is 3.10.